The van der Waals surface area contributed by atoms with Crippen LogP contribution in [0.3, 0.4) is 0 Å². The largest absolute Gasteiger partial charge is 0.352 e. The summed E-state index contributed by atoms with van der Waals surface area (Å²) >= 11 is 0. The molecule has 1 aliphatic heterocycles. The first-order valence-corrected chi connectivity index (χ1v) is 6.50. The molecule has 0 saturated heterocycles. The standard InChI is InChI=1S/C14H19N3O2/c1-9(2)16-14(19)13-10-5-3-4-6-11(10)17-12(18)7-8-15-13/h3-6,9,13,15H,7-8H2,1-2H3,(H,16,19)(H,17,18). The molecule has 19 heavy (non-hydrogen) atoms. The molecule has 102 valence electrons. The summed E-state index contributed by atoms with van der Waals surface area (Å²) in [7, 11) is 0. The van der Waals surface area contributed by atoms with Gasteiger partial charge in [0.05, 0.1) is 0 Å². The molecule has 0 aromatic heterocycles. The molecule has 0 aliphatic carbocycles. The average Bonchev–Trinajstić information content (AvgIpc) is 2.32. The molecule has 5 nitrogen and oxygen atoms in total. The van der Waals surface area contributed by atoms with Gasteiger partial charge in [0.1, 0.15) is 6.04 Å². The van der Waals surface area contributed by atoms with Crippen molar-refractivity contribution in [3.05, 3.63) is 29.8 Å². The minimum Gasteiger partial charge on any atom is -0.352 e. The first-order valence-electron chi connectivity index (χ1n) is 6.50. The summed E-state index contributed by atoms with van der Waals surface area (Å²) in [5.41, 5.74) is 1.50. The zero-order valence-electron chi connectivity index (χ0n) is 11.2. The molecule has 2 amide bonds. The van der Waals surface area contributed by atoms with Crippen molar-refractivity contribution >= 4 is 17.5 Å². The minimum absolute atomic E-state index is 0.0392. The second kappa shape index (κ2) is 5.84. The predicted octanol–water partition coefficient (Wildman–Crippen LogP) is 1.18. The number of rotatable bonds is 2. The fraction of sp³-hybridized carbons (Fsp3) is 0.429. The third-order valence-electron chi connectivity index (χ3n) is 2.94. The highest BCUT2D eigenvalue weighted by molar-refractivity contribution is 5.94. The van der Waals surface area contributed by atoms with Gasteiger partial charge in [0.15, 0.2) is 0 Å². The van der Waals surface area contributed by atoms with Crippen molar-refractivity contribution < 1.29 is 9.59 Å². The van der Waals surface area contributed by atoms with E-state index < -0.39 is 6.04 Å². The smallest absolute Gasteiger partial charge is 0.242 e. The van der Waals surface area contributed by atoms with Crippen LogP contribution in [0.25, 0.3) is 0 Å². The maximum Gasteiger partial charge on any atom is 0.242 e. The van der Waals surface area contributed by atoms with Gasteiger partial charge in [-0.15, -0.1) is 0 Å². The summed E-state index contributed by atoms with van der Waals surface area (Å²) in [6, 6.07) is 7.04. The van der Waals surface area contributed by atoms with E-state index >= 15 is 0 Å². The number of carbonyl (C=O) groups excluding carboxylic acids is 2. The first kappa shape index (κ1) is 13.5. The molecule has 1 aromatic carbocycles. The van der Waals surface area contributed by atoms with E-state index in [-0.39, 0.29) is 17.9 Å². The van der Waals surface area contributed by atoms with E-state index in [1.165, 1.54) is 0 Å². The zero-order chi connectivity index (χ0) is 13.8. The van der Waals surface area contributed by atoms with Gasteiger partial charge in [-0.1, -0.05) is 18.2 Å². The van der Waals surface area contributed by atoms with Crippen LogP contribution in [-0.4, -0.2) is 24.4 Å². The lowest BCUT2D eigenvalue weighted by Gasteiger charge is -2.24. The lowest BCUT2D eigenvalue weighted by molar-refractivity contribution is -0.124. The Bertz CT molecular complexity index is 485. The number of benzene rings is 1. The number of carbonyl (C=O) groups is 2. The lowest BCUT2D eigenvalue weighted by Crippen LogP contribution is -2.42. The van der Waals surface area contributed by atoms with E-state index in [2.05, 4.69) is 16.0 Å². The molecule has 0 bridgehead atoms. The molecule has 0 spiro atoms. The Kier molecular flexibility index (Phi) is 4.16. The van der Waals surface area contributed by atoms with Gasteiger partial charge in [0.25, 0.3) is 0 Å². The average molecular weight is 261 g/mol. The highest BCUT2D eigenvalue weighted by Crippen LogP contribution is 2.24. The van der Waals surface area contributed by atoms with Gasteiger partial charge in [-0.05, 0) is 19.9 Å². The van der Waals surface area contributed by atoms with E-state index in [1.807, 2.05) is 38.1 Å². The van der Waals surface area contributed by atoms with Gasteiger partial charge in [-0.25, -0.2) is 0 Å². The number of para-hydroxylation sites is 1. The number of hydrogen-bond donors (Lipinski definition) is 3. The van der Waals surface area contributed by atoms with Gasteiger partial charge in [0, 0.05) is 30.3 Å². The number of anilines is 1. The fourth-order valence-electron chi connectivity index (χ4n) is 2.12. The summed E-state index contributed by atoms with van der Waals surface area (Å²) in [5, 5.41) is 8.88. The second-order valence-corrected chi connectivity index (χ2v) is 4.94. The van der Waals surface area contributed by atoms with Gasteiger partial charge in [-0.3, -0.25) is 9.59 Å². The number of nitrogens with one attached hydrogen (secondary N) is 3. The van der Waals surface area contributed by atoms with Crippen LogP contribution in [0.2, 0.25) is 0 Å². The highest BCUT2D eigenvalue weighted by Gasteiger charge is 2.25. The zero-order valence-corrected chi connectivity index (χ0v) is 11.2. The molecular weight excluding hydrogens is 242 g/mol. The van der Waals surface area contributed by atoms with Crippen molar-refractivity contribution in [1.82, 2.24) is 10.6 Å². The molecule has 1 unspecified atom stereocenters. The number of amides is 2. The molecule has 1 atom stereocenters. The molecule has 0 radical (unpaired) electrons. The van der Waals surface area contributed by atoms with Crippen molar-refractivity contribution in [3.63, 3.8) is 0 Å². The van der Waals surface area contributed by atoms with E-state index in [0.29, 0.717) is 18.7 Å². The Hall–Kier alpha value is -1.88. The van der Waals surface area contributed by atoms with E-state index in [0.717, 1.165) is 5.56 Å². The maximum atomic E-state index is 12.2. The lowest BCUT2D eigenvalue weighted by atomic mass is 10.0. The molecule has 5 heteroatoms. The number of hydrogen-bond acceptors (Lipinski definition) is 3. The predicted molar refractivity (Wildman–Crippen MR) is 73.7 cm³/mol. The van der Waals surface area contributed by atoms with Gasteiger partial charge >= 0.3 is 0 Å². The third-order valence-corrected chi connectivity index (χ3v) is 2.94. The Balaban J connectivity index is 2.31. The van der Waals surface area contributed by atoms with Crippen LogP contribution in [0.15, 0.2) is 24.3 Å². The van der Waals surface area contributed by atoms with Crippen LogP contribution in [0, 0.1) is 0 Å². The molecule has 0 fully saturated rings. The topological polar surface area (TPSA) is 70.2 Å². The number of fused-ring (bicyclic) bond motifs is 1. The van der Waals surface area contributed by atoms with Gasteiger partial charge in [0.2, 0.25) is 11.8 Å². The molecule has 3 N–H and O–H groups in total. The van der Waals surface area contributed by atoms with Crippen LogP contribution in [-0.2, 0) is 9.59 Å². The Morgan fingerprint density at radius 3 is 2.84 bits per heavy atom. The second-order valence-electron chi connectivity index (χ2n) is 4.94. The fourth-order valence-corrected chi connectivity index (χ4v) is 2.12. The molecule has 1 aromatic rings. The van der Waals surface area contributed by atoms with Crippen molar-refractivity contribution in [2.75, 3.05) is 11.9 Å². The monoisotopic (exact) mass is 261 g/mol. The summed E-state index contributed by atoms with van der Waals surface area (Å²) in [6.07, 6.45) is 0.361. The van der Waals surface area contributed by atoms with Crippen LogP contribution < -0.4 is 16.0 Å². The van der Waals surface area contributed by atoms with Crippen molar-refractivity contribution in [2.24, 2.45) is 0 Å². The van der Waals surface area contributed by atoms with Gasteiger partial charge in [-0.2, -0.15) is 0 Å². The summed E-state index contributed by atoms with van der Waals surface area (Å²) in [5.74, 6) is -0.110. The minimum atomic E-state index is -0.431. The summed E-state index contributed by atoms with van der Waals surface area (Å²) < 4.78 is 0. The van der Waals surface area contributed by atoms with E-state index in [4.69, 9.17) is 0 Å². The molecule has 2 rings (SSSR count). The van der Waals surface area contributed by atoms with Crippen molar-refractivity contribution in [3.8, 4) is 0 Å². The van der Waals surface area contributed by atoms with Crippen molar-refractivity contribution in [1.29, 1.82) is 0 Å². The Labute approximate surface area is 112 Å². The van der Waals surface area contributed by atoms with Gasteiger partial charge < -0.3 is 16.0 Å². The van der Waals surface area contributed by atoms with Crippen LogP contribution in [0.4, 0.5) is 5.69 Å². The first-order chi connectivity index (χ1) is 9.08. The highest BCUT2D eigenvalue weighted by atomic mass is 16.2. The van der Waals surface area contributed by atoms with Crippen LogP contribution >= 0.6 is 0 Å². The molecule has 0 saturated carbocycles. The van der Waals surface area contributed by atoms with Crippen molar-refractivity contribution in [2.45, 2.75) is 32.4 Å². The quantitative estimate of drug-likeness (QED) is 0.749. The van der Waals surface area contributed by atoms with Crippen LogP contribution in [0.5, 0.6) is 0 Å². The summed E-state index contributed by atoms with van der Waals surface area (Å²) in [4.78, 5) is 23.8. The van der Waals surface area contributed by atoms with E-state index in [1.54, 1.807) is 0 Å². The normalized spacial score (nSPS) is 19.1. The molecule has 1 heterocycles. The van der Waals surface area contributed by atoms with E-state index in [9.17, 15) is 9.59 Å². The molecule has 1 aliphatic rings. The summed E-state index contributed by atoms with van der Waals surface area (Å²) in [6.45, 7) is 4.33. The Morgan fingerprint density at radius 2 is 2.11 bits per heavy atom. The van der Waals surface area contributed by atoms with Crippen LogP contribution in [0.1, 0.15) is 31.9 Å². The maximum absolute atomic E-state index is 12.2. The molecular formula is C14H19N3O2. The third kappa shape index (κ3) is 3.32. The SMILES string of the molecule is CC(C)NC(=O)C1NCCC(=O)Nc2ccccc21. The Morgan fingerprint density at radius 1 is 1.37 bits per heavy atom.